The summed E-state index contributed by atoms with van der Waals surface area (Å²) in [6, 6.07) is 5.61. The molecule has 0 radical (unpaired) electrons. The maximum absolute atomic E-state index is 12.0. The van der Waals surface area contributed by atoms with Gasteiger partial charge in [0.25, 0.3) is 6.43 Å². The van der Waals surface area contributed by atoms with Gasteiger partial charge in [0.2, 0.25) is 0 Å². The first-order valence-electron chi connectivity index (χ1n) is 6.91. The fourth-order valence-electron chi connectivity index (χ4n) is 2.27. The average molecular weight is 299 g/mol. The van der Waals surface area contributed by atoms with Gasteiger partial charge in [0.05, 0.1) is 11.0 Å². The van der Waals surface area contributed by atoms with E-state index < -0.39 is 13.0 Å². The molecule has 1 atom stereocenters. The van der Waals surface area contributed by atoms with Crippen LogP contribution in [0.5, 0.6) is 0 Å². The minimum absolute atomic E-state index is 0.00419. The molecule has 0 spiro atoms. The van der Waals surface area contributed by atoms with E-state index in [2.05, 4.69) is 15.3 Å². The van der Waals surface area contributed by atoms with Crippen LogP contribution in [0.25, 0.3) is 11.0 Å². The standard InChI is InChI=1S/C14H19F2N3O2/c1-2-17-10(5-6-21-8-13(15)16)9-3-4-11-12(7-9)19-14(20)18-11/h3-4,7,10,13,17H,2,5-6,8H2,1H3,(H2,18,19,20). The number of imidazole rings is 1. The maximum Gasteiger partial charge on any atom is 0.323 e. The second-order valence-corrected chi connectivity index (χ2v) is 4.75. The molecule has 0 bridgehead atoms. The van der Waals surface area contributed by atoms with Crippen LogP contribution in [0.1, 0.15) is 24.9 Å². The zero-order chi connectivity index (χ0) is 15.2. The van der Waals surface area contributed by atoms with Crippen molar-refractivity contribution in [3.8, 4) is 0 Å². The summed E-state index contributed by atoms with van der Waals surface area (Å²) in [6.45, 7) is 2.44. The monoisotopic (exact) mass is 299 g/mol. The third kappa shape index (κ3) is 4.37. The zero-order valence-electron chi connectivity index (χ0n) is 11.8. The largest absolute Gasteiger partial charge is 0.375 e. The van der Waals surface area contributed by atoms with Gasteiger partial charge in [0, 0.05) is 12.6 Å². The number of ether oxygens (including phenoxy) is 1. The molecular weight excluding hydrogens is 280 g/mol. The highest BCUT2D eigenvalue weighted by atomic mass is 19.3. The van der Waals surface area contributed by atoms with Crippen LogP contribution < -0.4 is 11.0 Å². The molecule has 0 saturated heterocycles. The molecule has 0 fully saturated rings. The first kappa shape index (κ1) is 15.7. The summed E-state index contributed by atoms with van der Waals surface area (Å²) in [6.07, 6.45) is -1.86. The van der Waals surface area contributed by atoms with Crippen molar-refractivity contribution in [3.05, 3.63) is 34.2 Å². The second kappa shape index (κ2) is 7.33. The van der Waals surface area contributed by atoms with Gasteiger partial charge in [-0.2, -0.15) is 0 Å². The summed E-state index contributed by atoms with van der Waals surface area (Å²) in [5.41, 5.74) is 2.21. The molecule has 5 nitrogen and oxygen atoms in total. The molecular formula is C14H19F2N3O2. The topological polar surface area (TPSA) is 69.9 Å². The lowest BCUT2D eigenvalue weighted by atomic mass is 10.0. The van der Waals surface area contributed by atoms with Gasteiger partial charge in [-0.05, 0) is 30.7 Å². The molecule has 1 aromatic heterocycles. The normalized spacial score (nSPS) is 13.1. The smallest absolute Gasteiger partial charge is 0.323 e. The average Bonchev–Trinajstić information content (AvgIpc) is 2.81. The lowest BCUT2D eigenvalue weighted by Gasteiger charge is -2.18. The van der Waals surface area contributed by atoms with Crippen molar-refractivity contribution in [3.63, 3.8) is 0 Å². The van der Waals surface area contributed by atoms with Gasteiger partial charge >= 0.3 is 5.69 Å². The van der Waals surface area contributed by atoms with Crippen LogP contribution in [0.15, 0.2) is 23.0 Å². The zero-order valence-corrected chi connectivity index (χ0v) is 11.8. The van der Waals surface area contributed by atoms with Crippen molar-refractivity contribution in [1.82, 2.24) is 15.3 Å². The number of alkyl halides is 2. The number of nitrogens with one attached hydrogen (secondary N) is 3. The molecule has 2 aromatic rings. The summed E-state index contributed by atoms with van der Waals surface area (Å²) in [5.74, 6) is 0. The van der Waals surface area contributed by atoms with Crippen LogP contribution in [0.2, 0.25) is 0 Å². The number of aromatic amines is 2. The molecule has 116 valence electrons. The molecule has 0 aliphatic rings. The van der Waals surface area contributed by atoms with Crippen LogP contribution >= 0.6 is 0 Å². The maximum atomic E-state index is 12.0. The van der Waals surface area contributed by atoms with E-state index in [4.69, 9.17) is 4.74 Å². The first-order chi connectivity index (χ1) is 10.1. The van der Waals surface area contributed by atoms with Crippen LogP contribution in [0.3, 0.4) is 0 Å². The van der Waals surface area contributed by atoms with Crippen molar-refractivity contribution < 1.29 is 13.5 Å². The van der Waals surface area contributed by atoms with E-state index in [0.29, 0.717) is 6.42 Å². The van der Waals surface area contributed by atoms with Crippen molar-refractivity contribution in [1.29, 1.82) is 0 Å². The van der Waals surface area contributed by atoms with E-state index in [1.807, 2.05) is 25.1 Å². The Balaban J connectivity index is 2.05. The Morgan fingerprint density at radius 3 is 2.76 bits per heavy atom. The molecule has 0 amide bonds. The number of hydrogen-bond donors (Lipinski definition) is 3. The molecule has 7 heteroatoms. The molecule has 21 heavy (non-hydrogen) atoms. The van der Waals surface area contributed by atoms with Crippen LogP contribution in [0, 0.1) is 0 Å². The summed E-state index contributed by atoms with van der Waals surface area (Å²) in [4.78, 5) is 16.6. The third-order valence-corrected chi connectivity index (χ3v) is 3.19. The predicted molar refractivity (Wildman–Crippen MR) is 76.8 cm³/mol. The van der Waals surface area contributed by atoms with E-state index in [1.165, 1.54) is 0 Å². The molecule has 2 rings (SSSR count). The van der Waals surface area contributed by atoms with Crippen LogP contribution in [-0.2, 0) is 4.74 Å². The van der Waals surface area contributed by atoms with Gasteiger partial charge in [-0.15, -0.1) is 0 Å². The van der Waals surface area contributed by atoms with Gasteiger partial charge in [-0.3, -0.25) is 0 Å². The lowest BCUT2D eigenvalue weighted by Crippen LogP contribution is -2.22. The van der Waals surface area contributed by atoms with Gasteiger partial charge < -0.3 is 20.0 Å². The Labute approximate surface area is 120 Å². The second-order valence-electron chi connectivity index (χ2n) is 4.75. The number of H-pyrrole nitrogens is 2. The highest BCUT2D eigenvalue weighted by molar-refractivity contribution is 5.75. The molecule has 3 N–H and O–H groups in total. The molecule has 1 unspecified atom stereocenters. The minimum atomic E-state index is -2.44. The fourth-order valence-corrected chi connectivity index (χ4v) is 2.27. The highest BCUT2D eigenvalue weighted by Crippen LogP contribution is 2.20. The Bertz CT molecular complexity index is 624. The van der Waals surface area contributed by atoms with Crippen molar-refractivity contribution >= 4 is 11.0 Å². The molecule has 0 saturated carbocycles. The lowest BCUT2D eigenvalue weighted by molar-refractivity contribution is 0.0144. The first-order valence-corrected chi connectivity index (χ1v) is 6.91. The van der Waals surface area contributed by atoms with E-state index >= 15 is 0 Å². The predicted octanol–water partition coefficient (Wildman–Crippen LogP) is 2.18. The number of fused-ring (bicyclic) bond motifs is 1. The van der Waals surface area contributed by atoms with E-state index in [1.54, 1.807) is 0 Å². The fraction of sp³-hybridized carbons (Fsp3) is 0.500. The number of rotatable bonds is 8. The number of aromatic nitrogens is 2. The number of hydrogen-bond acceptors (Lipinski definition) is 3. The summed E-state index contributed by atoms with van der Waals surface area (Å²) in [5, 5.41) is 3.29. The quantitative estimate of drug-likeness (QED) is 0.654. The third-order valence-electron chi connectivity index (χ3n) is 3.19. The molecule has 1 heterocycles. The molecule has 0 aliphatic heterocycles. The Kier molecular flexibility index (Phi) is 5.46. The van der Waals surface area contributed by atoms with Crippen LogP contribution in [-0.4, -0.2) is 36.2 Å². The van der Waals surface area contributed by atoms with Crippen molar-refractivity contribution in [2.24, 2.45) is 0 Å². The Morgan fingerprint density at radius 2 is 2.05 bits per heavy atom. The van der Waals surface area contributed by atoms with Gasteiger partial charge in [0.1, 0.15) is 6.61 Å². The Morgan fingerprint density at radius 1 is 1.29 bits per heavy atom. The van der Waals surface area contributed by atoms with E-state index in [-0.39, 0.29) is 18.3 Å². The summed E-state index contributed by atoms with van der Waals surface area (Å²) >= 11 is 0. The van der Waals surface area contributed by atoms with Gasteiger partial charge in [0.15, 0.2) is 0 Å². The number of halogens is 2. The van der Waals surface area contributed by atoms with Gasteiger partial charge in [-0.1, -0.05) is 13.0 Å². The van der Waals surface area contributed by atoms with Crippen molar-refractivity contribution in [2.45, 2.75) is 25.8 Å². The number of benzene rings is 1. The summed E-state index contributed by atoms with van der Waals surface area (Å²) < 4.78 is 29.0. The minimum Gasteiger partial charge on any atom is -0.375 e. The van der Waals surface area contributed by atoms with Gasteiger partial charge in [-0.25, -0.2) is 13.6 Å². The Hall–Kier alpha value is -1.73. The van der Waals surface area contributed by atoms with Crippen LogP contribution in [0.4, 0.5) is 8.78 Å². The summed E-state index contributed by atoms with van der Waals surface area (Å²) in [7, 11) is 0. The molecule has 0 aliphatic carbocycles. The van der Waals surface area contributed by atoms with Crippen molar-refractivity contribution in [2.75, 3.05) is 19.8 Å². The van der Waals surface area contributed by atoms with E-state index in [0.717, 1.165) is 23.1 Å². The highest BCUT2D eigenvalue weighted by Gasteiger charge is 2.12. The van der Waals surface area contributed by atoms with E-state index in [9.17, 15) is 13.6 Å². The molecule has 1 aromatic carbocycles. The SMILES string of the molecule is CCNC(CCOCC(F)F)c1ccc2[nH]c(=O)[nH]c2c1.